The molecule has 0 atom stereocenters. The Morgan fingerprint density at radius 3 is 3.19 bits per heavy atom. The summed E-state index contributed by atoms with van der Waals surface area (Å²) in [6.07, 6.45) is 0.904. The molecule has 0 aromatic heterocycles. The molecule has 1 aromatic carbocycles. The number of rotatable bonds is 4. The number of carbonyl (C=O) groups excluding carboxylic acids is 1. The van der Waals surface area contributed by atoms with Crippen LogP contribution < -0.4 is 15.4 Å². The van der Waals surface area contributed by atoms with Crippen molar-refractivity contribution in [2.45, 2.75) is 6.42 Å². The summed E-state index contributed by atoms with van der Waals surface area (Å²) in [4.78, 5) is 11.1. The molecule has 1 aliphatic rings. The van der Waals surface area contributed by atoms with Crippen molar-refractivity contribution in [3.05, 3.63) is 18.2 Å². The Kier molecular flexibility index (Phi) is 3.51. The molecule has 0 saturated heterocycles. The van der Waals surface area contributed by atoms with Crippen LogP contribution in [0.2, 0.25) is 0 Å². The maximum atomic E-state index is 11.1. The van der Waals surface area contributed by atoms with E-state index in [-0.39, 0.29) is 12.5 Å². The van der Waals surface area contributed by atoms with Gasteiger partial charge in [-0.1, -0.05) is 0 Å². The lowest BCUT2D eigenvalue weighted by Crippen LogP contribution is -2.25. The van der Waals surface area contributed by atoms with Crippen molar-refractivity contribution in [3.8, 4) is 5.75 Å². The highest BCUT2D eigenvalue weighted by atomic mass is 35.5. The van der Waals surface area contributed by atoms with Crippen molar-refractivity contribution in [3.63, 3.8) is 0 Å². The summed E-state index contributed by atoms with van der Waals surface area (Å²) >= 11 is 5.59. The van der Waals surface area contributed by atoms with Gasteiger partial charge in [0.1, 0.15) is 5.75 Å². The van der Waals surface area contributed by atoms with Gasteiger partial charge < -0.3 is 15.4 Å². The van der Waals surface area contributed by atoms with Gasteiger partial charge in [0, 0.05) is 18.1 Å². The Morgan fingerprint density at radius 2 is 2.38 bits per heavy atom. The molecule has 1 heterocycles. The largest absolute Gasteiger partial charge is 0.482 e. The van der Waals surface area contributed by atoms with Crippen LogP contribution in [0.5, 0.6) is 5.75 Å². The number of anilines is 2. The van der Waals surface area contributed by atoms with E-state index in [9.17, 15) is 4.79 Å². The summed E-state index contributed by atoms with van der Waals surface area (Å²) in [5, 5.41) is 5.98. The van der Waals surface area contributed by atoms with Gasteiger partial charge in [-0.2, -0.15) is 0 Å². The van der Waals surface area contributed by atoms with Gasteiger partial charge in [0.15, 0.2) is 6.61 Å². The molecule has 0 bridgehead atoms. The standard InChI is InChI=1S/C11H13ClN2O2/c12-4-1-5-13-8-2-3-10-9(6-8)14-11(15)7-16-10/h2-3,6,13H,1,4-5,7H2,(H,14,15). The monoisotopic (exact) mass is 240 g/mol. The summed E-state index contributed by atoms with van der Waals surface area (Å²) in [5.74, 6) is 1.23. The van der Waals surface area contributed by atoms with Crippen molar-refractivity contribution in [2.24, 2.45) is 0 Å². The Balaban J connectivity index is 2.06. The minimum absolute atomic E-state index is 0.0893. The average Bonchev–Trinajstić information content (AvgIpc) is 2.29. The number of amides is 1. The fourth-order valence-corrected chi connectivity index (χ4v) is 1.63. The summed E-state index contributed by atoms with van der Waals surface area (Å²) < 4.78 is 5.26. The second-order valence-electron chi connectivity index (χ2n) is 3.52. The van der Waals surface area contributed by atoms with E-state index >= 15 is 0 Å². The zero-order chi connectivity index (χ0) is 11.4. The maximum absolute atomic E-state index is 11.1. The molecule has 0 radical (unpaired) electrons. The third-order valence-corrected chi connectivity index (χ3v) is 2.52. The van der Waals surface area contributed by atoms with Crippen LogP contribution >= 0.6 is 11.6 Å². The number of ether oxygens (including phenoxy) is 1. The fraction of sp³-hybridized carbons (Fsp3) is 0.364. The van der Waals surface area contributed by atoms with Gasteiger partial charge in [0.25, 0.3) is 5.91 Å². The first kappa shape index (κ1) is 11.1. The lowest BCUT2D eigenvalue weighted by Gasteiger charge is -2.18. The van der Waals surface area contributed by atoms with Crippen LogP contribution in [0.1, 0.15) is 6.42 Å². The number of benzene rings is 1. The highest BCUT2D eigenvalue weighted by Crippen LogP contribution is 2.30. The molecule has 0 unspecified atom stereocenters. The molecule has 1 amide bonds. The Hall–Kier alpha value is -1.42. The van der Waals surface area contributed by atoms with E-state index in [4.69, 9.17) is 16.3 Å². The highest BCUT2D eigenvalue weighted by Gasteiger charge is 2.15. The van der Waals surface area contributed by atoms with E-state index in [1.54, 1.807) is 0 Å². The lowest BCUT2D eigenvalue weighted by molar-refractivity contribution is -0.118. The number of halogens is 1. The molecule has 0 fully saturated rings. The van der Waals surface area contributed by atoms with Gasteiger partial charge in [-0.15, -0.1) is 11.6 Å². The second kappa shape index (κ2) is 5.07. The number of fused-ring (bicyclic) bond motifs is 1. The Labute approximate surface area is 98.9 Å². The van der Waals surface area contributed by atoms with Crippen molar-refractivity contribution >= 4 is 28.9 Å². The molecule has 2 N–H and O–H groups in total. The van der Waals surface area contributed by atoms with Gasteiger partial charge >= 0.3 is 0 Å². The van der Waals surface area contributed by atoms with Gasteiger partial charge in [0.2, 0.25) is 0 Å². The molecule has 4 nitrogen and oxygen atoms in total. The van der Waals surface area contributed by atoms with E-state index in [0.717, 1.165) is 18.7 Å². The Bertz CT molecular complexity index is 396. The average molecular weight is 241 g/mol. The number of carbonyl (C=O) groups is 1. The molecule has 5 heteroatoms. The molecular weight excluding hydrogens is 228 g/mol. The maximum Gasteiger partial charge on any atom is 0.262 e. The van der Waals surface area contributed by atoms with Crippen LogP contribution in [0.25, 0.3) is 0 Å². The number of nitrogens with one attached hydrogen (secondary N) is 2. The topological polar surface area (TPSA) is 50.4 Å². The molecule has 0 aliphatic carbocycles. The quantitative estimate of drug-likeness (QED) is 0.626. The predicted octanol–water partition coefficient (Wildman–Crippen LogP) is 2.06. The smallest absolute Gasteiger partial charge is 0.262 e. The Morgan fingerprint density at radius 1 is 1.50 bits per heavy atom. The number of hydrogen-bond acceptors (Lipinski definition) is 3. The van der Waals surface area contributed by atoms with E-state index in [0.29, 0.717) is 17.3 Å². The molecule has 16 heavy (non-hydrogen) atoms. The van der Waals surface area contributed by atoms with Crippen LogP contribution in [0.3, 0.4) is 0 Å². The van der Waals surface area contributed by atoms with Crippen molar-refractivity contribution in [1.82, 2.24) is 0 Å². The van der Waals surface area contributed by atoms with Gasteiger partial charge in [-0.25, -0.2) is 0 Å². The molecule has 0 spiro atoms. The van der Waals surface area contributed by atoms with Crippen LogP contribution in [0, 0.1) is 0 Å². The van der Waals surface area contributed by atoms with E-state index in [2.05, 4.69) is 10.6 Å². The normalized spacial score (nSPS) is 13.7. The van der Waals surface area contributed by atoms with E-state index in [1.807, 2.05) is 18.2 Å². The highest BCUT2D eigenvalue weighted by molar-refractivity contribution is 6.17. The minimum Gasteiger partial charge on any atom is -0.482 e. The summed E-state index contributed by atoms with van der Waals surface area (Å²) in [6.45, 7) is 0.906. The molecule has 1 aromatic rings. The van der Waals surface area contributed by atoms with Crippen molar-refractivity contribution in [2.75, 3.05) is 29.7 Å². The zero-order valence-electron chi connectivity index (χ0n) is 8.75. The van der Waals surface area contributed by atoms with E-state index < -0.39 is 0 Å². The summed E-state index contributed by atoms with van der Waals surface area (Å²) in [7, 11) is 0. The third-order valence-electron chi connectivity index (χ3n) is 2.25. The third kappa shape index (κ3) is 2.58. The zero-order valence-corrected chi connectivity index (χ0v) is 9.51. The van der Waals surface area contributed by atoms with Crippen LogP contribution in [-0.4, -0.2) is 24.9 Å². The molecule has 0 saturated carbocycles. The SMILES string of the molecule is O=C1COc2ccc(NCCCCl)cc2N1. The predicted molar refractivity (Wildman–Crippen MR) is 64.4 cm³/mol. The van der Waals surface area contributed by atoms with Crippen LogP contribution in [0.4, 0.5) is 11.4 Å². The number of hydrogen-bond donors (Lipinski definition) is 2. The van der Waals surface area contributed by atoms with Crippen molar-refractivity contribution in [1.29, 1.82) is 0 Å². The first-order valence-electron chi connectivity index (χ1n) is 5.16. The first-order chi connectivity index (χ1) is 7.79. The first-order valence-corrected chi connectivity index (χ1v) is 5.69. The van der Waals surface area contributed by atoms with Crippen LogP contribution in [0.15, 0.2) is 18.2 Å². The fourth-order valence-electron chi connectivity index (χ4n) is 1.49. The molecular formula is C11H13ClN2O2. The van der Waals surface area contributed by atoms with Crippen LogP contribution in [-0.2, 0) is 4.79 Å². The minimum atomic E-state index is -0.120. The molecule has 1 aliphatic heterocycles. The molecule has 86 valence electrons. The summed E-state index contributed by atoms with van der Waals surface area (Å²) in [6, 6.07) is 5.63. The molecule has 2 rings (SSSR count). The summed E-state index contributed by atoms with van der Waals surface area (Å²) in [5.41, 5.74) is 1.67. The van der Waals surface area contributed by atoms with Crippen molar-refractivity contribution < 1.29 is 9.53 Å². The van der Waals surface area contributed by atoms with Gasteiger partial charge in [-0.3, -0.25) is 4.79 Å². The van der Waals surface area contributed by atoms with Gasteiger partial charge in [-0.05, 0) is 24.6 Å². The number of alkyl halides is 1. The van der Waals surface area contributed by atoms with E-state index in [1.165, 1.54) is 0 Å². The second-order valence-corrected chi connectivity index (χ2v) is 3.90. The lowest BCUT2D eigenvalue weighted by atomic mass is 10.2. The van der Waals surface area contributed by atoms with Gasteiger partial charge in [0.05, 0.1) is 5.69 Å².